The van der Waals surface area contributed by atoms with E-state index in [4.69, 9.17) is 5.11 Å². The molecule has 3 heteroatoms. The lowest BCUT2D eigenvalue weighted by atomic mass is 10.0. The lowest BCUT2D eigenvalue weighted by Crippen LogP contribution is -2.30. The van der Waals surface area contributed by atoms with Crippen molar-refractivity contribution in [1.82, 2.24) is 4.90 Å². The average Bonchev–Trinajstić information content (AvgIpc) is 2.30. The van der Waals surface area contributed by atoms with Crippen LogP contribution in [0.1, 0.15) is 25.7 Å². The van der Waals surface area contributed by atoms with Crippen molar-refractivity contribution in [2.24, 2.45) is 0 Å². The smallest absolute Gasteiger partial charge is 0.328 e. The molecule has 0 unspecified atom stereocenters. The number of carbonyl (C=O) groups is 1. The molecule has 0 aromatic heterocycles. The Morgan fingerprint density at radius 3 is 2.62 bits per heavy atom. The number of hydrogen-bond acceptors (Lipinski definition) is 2. The van der Waals surface area contributed by atoms with Crippen LogP contribution >= 0.6 is 0 Å². The van der Waals surface area contributed by atoms with Crippen LogP contribution in [0.25, 0.3) is 0 Å². The van der Waals surface area contributed by atoms with E-state index in [9.17, 15) is 4.79 Å². The van der Waals surface area contributed by atoms with Crippen LogP contribution in [0.5, 0.6) is 0 Å². The van der Waals surface area contributed by atoms with Crippen LogP contribution in [0, 0.1) is 0 Å². The van der Waals surface area contributed by atoms with Crippen LogP contribution in [0.3, 0.4) is 0 Å². The number of rotatable bonds is 2. The second kappa shape index (κ2) is 5.01. The van der Waals surface area contributed by atoms with Crippen molar-refractivity contribution in [3.8, 4) is 0 Å². The van der Waals surface area contributed by atoms with Gasteiger partial charge in [-0.25, -0.2) is 4.79 Å². The number of aliphatic carboxylic acids is 1. The van der Waals surface area contributed by atoms with Gasteiger partial charge in [-0.05, 0) is 31.8 Å². The highest BCUT2D eigenvalue weighted by Gasteiger charge is 2.16. The standard InChI is InChI=1S/C13H17NO2/c15-13(16)10-11-6-8-14(9-7-11)12-4-2-1-3-5-12/h1-2,4,10H,3,5-9H2,(H,15,16). The van der Waals surface area contributed by atoms with Crippen LogP contribution in [-0.4, -0.2) is 29.1 Å². The van der Waals surface area contributed by atoms with Crippen LogP contribution in [0.4, 0.5) is 0 Å². The first-order valence-corrected chi connectivity index (χ1v) is 5.79. The lowest BCUT2D eigenvalue weighted by Gasteiger charge is -2.33. The summed E-state index contributed by atoms with van der Waals surface area (Å²) in [4.78, 5) is 12.9. The summed E-state index contributed by atoms with van der Waals surface area (Å²) in [6.07, 6.45) is 11.8. The predicted octanol–water partition coefficient (Wildman–Crippen LogP) is 2.33. The molecule has 1 fully saturated rings. The molecule has 2 rings (SSSR count). The van der Waals surface area contributed by atoms with Crippen LogP contribution in [0.15, 0.2) is 35.6 Å². The van der Waals surface area contributed by atoms with Crippen molar-refractivity contribution < 1.29 is 9.90 Å². The number of carboxylic acids is 1. The summed E-state index contributed by atoms with van der Waals surface area (Å²) in [7, 11) is 0. The topological polar surface area (TPSA) is 40.5 Å². The highest BCUT2D eigenvalue weighted by Crippen LogP contribution is 2.23. The molecule has 0 aromatic carbocycles. The fourth-order valence-electron chi connectivity index (χ4n) is 2.25. The Morgan fingerprint density at radius 1 is 1.31 bits per heavy atom. The Balaban J connectivity index is 1.92. The first kappa shape index (κ1) is 11.0. The number of nitrogens with zero attached hydrogens (tertiary/aromatic N) is 1. The van der Waals surface area contributed by atoms with E-state index in [1.807, 2.05) is 0 Å². The first-order chi connectivity index (χ1) is 7.75. The number of carboxylic acid groups (broad SMARTS) is 1. The zero-order chi connectivity index (χ0) is 11.4. The maximum absolute atomic E-state index is 10.5. The molecule has 1 aliphatic heterocycles. The van der Waals surface area contributed by atoms with Gasteiger partial charge in [-0.3, -0.25) is 0 Å². The van der Waals surface area contributed by atoms with E-state index in [-0.39, 0.29) is 0 Å². The monoisotopic (exact) mass is 219 g/mol. The summed E-state index contributed by atoms with van der Waals surface area (Å²) in [5, 5.41) is 8.67. The Hall–Kier alpha value is -1.51. The third-order valence-corrected chi connectivity index (χ3v) is 3.13. The summed E-state index contributed by atoms with van der Waals surface area (Å²) in [6, 6.07) is 0. The fourth-order valence-corrected chi connectivity index (χ4v) is 2.25. The Labute approximate surface area is 95.8 Å². The van der Waals surface area contributed by atoms with E-state index < -0.39 is 5.97 Å². The minimum atomic E-state index is -0.816. The number of allylic oxidation sites excluding steroid dienone is 4. The van der Waals surface area contributed by atoms with E-state index >= 15 is 0 Å². The third kappa shape index (κ3) is 2.75. The Kier molecular flexibility index (Phi) is 3.44. The van der Waals surface area contributed by atoms with Crippen LogP contribution in [0.2, 0.25) is 0 Å². The maximum Gasteiger partial charge on any atom is 0.328 e. The normalized spacial score (nSPS) is 20.6. The van der Waals surface area contributed by atoms with Gasteiger partial charge in [-0.2, -0.15) is 0 Å². The predicted molar refractivity (Wildman–Crippen MR) is 63.0 cm³/mol. The molecule has 0 amide bonds. The zero-order valence-corrected chi connectivity index (χ0v) is 9.35. The van der Waals surface area contributed by atoms with E-state index in [0.717, 1.165) is 44.3 Å². The molecule has 1 aliphatic carbocycles. The molecule has 86 valence electrons. The van der Waals surface area contributed by atoms with Crippen LogP contribution < -0.4 is 0 Å². The van der Waals surface area contributed by atoms with E-state index in [1.54, 1.807) is 0 Å². The van der Waals surface area contributed by atoms with Gasteiger partial charge in [0.05, 0.1) is 0 Å². The maximum atomic E-state index is 10.5. The van der Waals surface area contributed by atoms with Gasteiger partial charge in [0.2, 0.25) is 0 Å². The molecule has 0 radical (unpaired) electrons. The molecule has 0 bridgehead atoms. The van der Waals surface area contributed by atoms with Gasteiger partial charge < -0.3 is 10.0 Å². The molecule has 2 aliphatic rings. The Bertz CT molecular complexity index is 356. The Morgan fingerprint density at radius 2 is 2.06 bits per heavy atom. The van der Waals surface area contributed by atoms with Crippen molar-refractivity contribution in [3.05, 3.63) is 35.6 Å². The van der Waals surface area contributed by atoms with Crippen molar-refractivity contribution in [2.75, 3.05) is 13.1 Å². The highest BCUT2D eigenvalue weighted by atomic mass is 16.4. The van der Waals surface area contributed by atoms with Gasteiger partial charge in [0.1, 0.15) is 0 Å². The van der Waals surface area contributed by atoms with Crippen molar-refractivity contribution in [1.29, 1.82) is 0 Å². The first-order valence-electron chi connectivity index (χ1n) is 5.79. The molecule has 16 heavy (non-hydrogen) atoms. The highest BCUT2D eigenvalue weighted by molar-refractivity contribution is 5.80. The largest absolute Gasteiger partial charge is 0.478 e. The van der Waals surface area contributed by atoms with Gasteiger partial charge in [0.15, 0.2) is 0 Å². The molecule has 0 atom stereocenters. The van der Waals surface area contributed by atoms with E-state index in [2.05, 4.69) is 23.1 Å². The van der Waals surface area contributed by atoms with Gasteiger partial charge >= 0.3 is 5.97 Å². The minimum absolute atomic E-state index is 0.816. The van der Waals surface area contributed by atoms with Gasteiger partial charge in [0, 0.05) is 24.9 Å². The summed E-state index contributed by atoms with van der Waals surface area (Å²) >= 11 is 0. The summed E-state index contributed by atoms with van der Waals surface area (Å²) < 4.78 is 0. The van der Waals surface area contributed by atoms with Gasteiger partial charge in [-0.1, -0.05) is 17.7 Å². The fraction of sp³-hybridized carbons (Fsp3) is 0.462. The molecule has 0 aromatic rings. The summed E-state index contributed by atoms with van der Waals surface area (Å²) in [6.45, 7) is 1.91. The molecular weight excluding hydrogens is 202 g/mol. The van der Waals surface area contributed by atoms with E-state index in [0.29, 0.717) is 0 Å². The molecular formula is C13H17NO2. The van der Waals surface area contributed by atoms with Crippen molar-refractivity contribution >= 4 is 5.97 Å². The molecule has 0 spiro atoms. The SMILES string of the molecule is O=C(O)C=C1CCN(C2=CC=CCC2)CC1. The number of likely N-dealkylation sites (tertiary alicyclic amines) is 1. The molecule has 1 saturated heterocycles. The lowest BCUT2D eigenvalue weighted by molar-refractivity contribution is -0.131. The van der Waals surface area contributed by atoms with Gasteiger partial charge in [0.25, 0.3) is 0 Å². The quantitative estimate of drug-likeness (QED) is 0.725. The van der Waals surface area contributed by atoms with Gasteiger partial charge in [-0.15, -0.1) is 0 Å². The van der Waals surface area contributed by atoms with Crippen molar-refractivity contribution in [3.63, 3.8) is 0 Å². The second-order valence-corrected chi connectivity index (χ2v) is 4.25. The van der Waals surface area contributed by atoms with E-state index in [1.165, 1.54) is 11.8 Å². The molecule has 3 nitrogen and oxygen atoms in total. The molecule has 1 N–H and O–H groups in total. The zero-order valence-electron chi connectivity index (χ0n) is 9.35. The summed E-state index contributed by atoms with van der Waals surface area (Å²) in [5.74, 6) is -0.816. The molecule has 1 heterocycles. The van der Waals surface area contributed by atoms with Crippen LogP contribution in [-0.2, 0) is 4.79 Å². The minimum Gasteiger partial charge on any atom is -0.478 e. The van der Waals surface area contributed by atoms with Crippen molar-refractivity contribution in [2.45, 2.75) is 25.7 Å². The second-order valence-electron chi connectivity index (χ2n) is 4.25. The summed E-state index contributed by atoms with van der Waals surface area (Å²) in [5.41, 5.74) is 2.47. The third-order valence-electron chi connectivity index (χ3n) is 3.13. The number of piperidine rings is 1. The molecule has 0 saturated carbocycles. The average molecular weight is 219 g/mol. The number of hydrogen-bond donors (Lipinski definition) is 1.